The van der Waals surface area contributed by atoms with Gasteiger partial charge in [0.15, 0.2) is 11.5 Å². The molecule has 1 atom stereocenters. The maximum atomic E-state index is 11.8. The molecule has 1 aliphatic heterocycles. The lowest BCUT2D eigenvalue weighted by molar-refractivity contribution is -0.125. The number of hydrogen-bond acceptors (Lipinski definition) is 4. The van der Waals surface area contributed by atoms with Crippen LogP contribution in [0.25, 0.3) is 0 Å². The van der Waals surface area contributed by atoms with Gasteiger partial charge in [-0.25, -0.2) is 4.99 Å². The van der Waals surface area contributed by atoms with Crippen LogP contribution in [0.5, 0.6) is 0 Å². The molecule has 0 bridgehead atoms. The van der Waals surface area contributed by atoms with Gasteiger partial charge in [-0.1, -0.05) is 0 Å². The van der Waals surface area contributed by atoms with Gasteiger partial charge in [0, 0.05) is 12.1 Å². The molecule has 16 heavy (non-hydrogen) atoms. The topological polar surface area (TPSA) is 62.7 Å². The van der Waals surface area contributed by atoms with E-state index in [9.17, 15) is 4.79 Å². The van der Waals surface area contributed by atoms with Crippen molar-refractivity contribution in [1.82, 2.24) is 10.6 Å². The van der Waals surface area contributed by atoms with Gasteiger partial charge in [-0.15, -0.1) is 0 Å². The van der Waals surface area contributed by atoms with Gasteiger partial charge in [0.2, 0.25) is 0 Å². The summed E-state index contributed by atoms with van der Waals surface area (Å²) in [6.07, 6.45) is 0. The summed E-state index contributed by atoms with van der Waals surface area (Å²) in [6, 6.07) is 0. The van der Waals surface area contributed by atoms with E-state index in [4.69, 9.17) is 4.74 Å². The van der Waals surface area contributed by atoms with Crippen LogP contribution >= 0.6 is 0 Å². The number of aliphatic imine (C=N–C) groups is 1. The number of ether oxygens (including phenoxy) is 1. The molecular formula is C11H21N3O2. The van der Waals surface area contributed by atoms with Crippen LogP contribution in [0.3, 0.4) is 0 Å². The average Bonchev–Trinajstić information content (AvgIpc) is 2.36. The molecule has 0 saturated carbocycles. The number of amides is 1. The van der Waals surface area contributed by atoms with Gasteiger partial charge in [-0.2, -0.15) is 0 Å². The molecule has 92 valence electrons. The van der Waals surface area contributed by atoms with Gasteiger partial charge < -0.3 is 10.1 Å². The van der Waals surface area contributed by atoms with Gasteiger partial charge in [-0.05, 0) is 34.6 Å². The molecule has 1 unspecified atom stereocenters. The predicted octanol–water partition coefficient (Wildman–Crippen LogP) is 0.655. The first-order chi connectivity index (χ1) is 7.27. The largest absolute Gasteiger partial charge is 0.379 e. The van der Waals surface area contributed by atoms with E-state index in [2.05, 4.69) is 15.6 Å². The Balaban J connectivity index is 2.70. The summed E-state index contributed by atoms with van der Waals surface area (Å²) in [5.41, 5.74) is -0.924. The second-order valence-electron chi connectivity index (χ2n) is 5.20. The van der Waals surface area contributed by atoms with Crippen LogP contribution < -0.4 is 10.6 Å². The molecule has 1 amide bonds. The smallest absolute Gasteiger partial charge is 0.256 e. The highest BCUT2D eigenvalue weighted by atomic mass is 16.5. The van der Waals surface area contributed by atoms with Crippen molar-refractivity contribution < 1.29 is 9.53 Å². The van der Waals surface area contributed by atoms with E-state index >= 15 is 0 Å². The molecule has 0 aromatic carbocycles. The number of hydrogen-bond donors (Lipinski definition) is 2. The highest BCUT2D eigenvalue weighted by molar-refractivity contribution is 6.07. The van der Waals surface area contributed by atoms with E-state index in [0.717, 1.165) is 0 Å². The van der Waals surface area contributed by atoms with E-state index in [1.54, 1.807) is 6.92 Å². The zero-order valence-electron chi connectivity index (χ0n) is 10.7. The Morgan fingerprint density at radius 1 is 1.50 bits per heavy atom. The normalized spacial score (nSPS) is 25.3. The number of nitrogens with zero attached hydrogens (tertiary/aromatic N) is 1. The lowest BCUT2D eigenvalue weighted by Crippen LogP contribution is -2.47. The molecule has 0 spiro atoms. The Labute approximate surface area is 96.7 Å². The minimum absolute atomic E-state index is 0.118. The van der Waals surface area contributed by atoms with Crippen LogP contribution in [0.2, 0.25) is 0 Å². The van der Waals surface area contributed by atoms with Crippen LogP contribution in [0.1, 0.15) is 34.6 Å². The second-order valence-corrected chi connectivity index (χ2v) is 5.20. The van der Waals surface area contributed by atoms with Crippen molar-refractivity contribution in [3.8, 4) is 0 Å². The zero-order valence-corrected chi connectivity index (χ0v) is 10.7. The Bertz CT molecular complexity index is 307. The monoisotopic (exact) mass is 227 g/mol. The number of rotatable bonds is 3. The molecule has 0 radical (unpaired) electrons. The van der Waals surface area contributed by atoms with Gasteiger partial charge in [-0.3, -0.25) is 10.1 Å². The Kier molecular flexibility index (Phi) is 3.57. The summed E-state index contributed by atoms with van der Waals surface area (Å²) in [6.45, 7) is 10.6. The molecule has 1 rings (SSSR count). The van der Waals surface area contributed by atoms with Crippen molar-refractivity contribution in [2.75, 3.05) is 13.2 Å². The van der Waals surface area contributed by atoms with E-state index < -0.39 is 5.54 Å². The van der Waals surface area contributed by atoms with Gasteiger partial charge in [0.05, 0.1) is 6.61 Å². The van der Waals surface area contributed by atoms with Crippen LogP contribution in [-0.4, -0.2) is 36.2 Å². The first-order valence-corrected chi connectivity index (χ1v) is 5.54. The molecule has 5 heteroatoms. The van der Waals surface area contributed by atoms with Gasteiger partial charge in [0.1, 0.15) is 0 Å². The fourth-order valence-electron chi connectivity index (χ4n) is 1.38. The third-order valence-electron chi connectivity index (χ3n) is 2.16. The summed E-state index contributed by atoms with van der Waals surface area (Å²) in [4.78, 5) is 16.1. The van der Waals surface area contributed by atoms with Crippen molar-refractivity contribution in [3.05, 3.63) is 0 Å². The highest BCUT2D eigenvalue weighted by Crippen LogP contribution is 2.16. The number of nitrogens with one attached hydrogen (secondary N) is 2. The number of guanidine groups is 1. The Morgan fingerprint density at radius 3 is 2.62 bits per heavy atom. The van der Waals surface area contributed by atoms with E-state index in [1.807, 2.05) is 27.7 Å². The highest BCUT2D eigenvalue weighted by Gasteiger charge is 2.40. The lowest BCUT2D eigenvalue weighted by Gasteiger charge is -2.21. The van der Waals surface area contributed by atoms with Gasteiger partial charge >= 0.3 is 0 Å². The zero-order chi connectivity index (χ0) is 12.4. The summed E-state index contributed by atoms with van der Waals surface area (Å²) < 4.78 is 5.27. The molecule has 0 aromatic rings. The quantitative estimate of drug-likeness (QED) is 0.744. The van der Waals surface area contributed by atoms with Crippen LogP contribution in [0.4, 0.5) is 0 Å². The fraction of sp³-hybridized carbons (Fsp3) is 0.818. The molecular weight excluding hydrogens is 206 g/mol. The number of carbonyl (C=O) groups excluding carboxylic acids is 1. The van der Waals surface area contributed by atoms with Crippen molar-refractivity contribution in [1.29, 1.82) is 0 Å². The van der Waals surface area contributed by atoms with E-state index in [0.29, 0.717) is 19.2 Å². The van der Waals surface area contributed by atoms with Crippen molar-refractivity contribution in [2.45, 2.75) is 45.7 Å². The molecule has 5 nitrogen and oxygen atoms in total. The van der Waals surface area contributed by atoms with E-state index in [1.165, 1.54) is 0 Å². The molecule has 2 N–H and O–H groups in total. The summed E-state index contributed by atoms with van der Waals surface area (Å²) in [5, 5.41) is 5.87. The predicted molar refractivity (Wildman–Crippen MR) is 63.4 cm³/mol. The minimum atomic E-state index is -0.802. The Hall–Kier alpha value is -1.10. The first kappa shape index (κ1) is 13.0. The summed E-state index contributed by atoms with van der Waals surface area (Å²) in [7, 11) is 0. The second kappa shape index (κ2) is 4.41. The van der Waals surface area contributed by atoms with Crippen LogP contribution in [0.15, 0.2) is 4.99 Å². The van der Waals surface area contributed by atoms with Crippen molar-refractivity contribution >= 4 is 11.9 Å². The molecule has 0 fully saturated rings. The third kappa shape index (κ3) is 3.20. The van der Waals surface area contributed by atoms with Gasteiger partial charge in [0.25, 0.3) is 5.91 Å². The molecule has 0 aliphatic carbocycles. The lowest BCUT2D eigenvalue weighted by atomic mass is 10.1. The standard InChI is InChI=1S/C11H21N3O2/c1-6-16-7-11(5)8(15)12-9(14-11)13-10(2,3)4/h6-7H2,1-5H3,(H2,12,13,14,15). The maximum absolute atomic E-state index is 11.8. The summed E-state index contributed by atoms with van der Waals surface area (Å²) >= 11 is 0. The number of carbonyl (C=O) groups is 1. The first-order valence-electron chi connectivity index (χ1n) is 5.54. The van der Waals surface area contributed by atoms with E-state index in [-0.39, 0.29) is 11.4 Å². The molecule has 1 heterocycles. The minimum Gasteiger partial charge on any atom is -0.379 e. The average molecular weight is 227 g/mol. The fourth-order valence-corrected chi connectivity index (χ4v) is 1.38. The van der Waals surface area contributed by atoms with Crippen molar-refractivity contribution in [2.24, 2.45) is 4.99 Å². The third-order valence-corrected chi connectivity index (χ3v) is 2.16. The van der Waals surface area contributed by atoms with Crippen molar-refractivity contribution in [3.63, 3.8) is 0 Å². The SMILES string of the molecule is CCOCC1(C)N=C(NC(C)(C)C)NC1=O. The van der Waals surface area contributed by atoms with Crippen LogP contribution in [-0.2, 0) is 9.53 Å². The summed E-state index contributed by atoms with van der Waals surface area (Å²) in [5.74, 6) is 0.410. The van der Waals surface area contributed by atoms with Crippen LogP contribution in [0, 0.1) is 0 Å². The maximum Gasteiger partial charge on any atom is 0.256 e. The molecule has 0 saturated heterocycles. The Morgan fingerprint density at radius 2 is 2.12 bits per heavy atom. The molecule has 1 aliphatic rings. The molecule has 0 aromatic heterocycles.